The summed E-state index contributed by atoms with van der Waals surface area (Å²) >= 11 is 7.84. The van der Waals surface area contributed by atoms with Gasteiger partial charge >= 0.3 is 0 Å². The lowest BCUT2D eigenvalue weighted by Gasteiger charge is -2.32. The highest BCUT2D eigenvalue weighted by Gasteiger charge is 2.30. The molecular weight excluding hydrogens is 458 g/mol. The maximum Gasteiger partial charge on any atom is 0.235 e. The van der Waals surface area contributed by atoms with Gasteiger partial charge in [-0.1, -0.05) is 65.8 Å². The lowest BCUT2D eigenvalue weighted by molar-refractivity contribution is -0.134. The molecule has 1 aromatic heterocycles. The first-order chi connectivity index (χ1) is 15.9. The minimum atomic E-state index is -0.354. The molecule has 7 nitrogen and oxygen atoms in total. The van der Waals surface area contributed by atoms with Gasteiger partial charge in [-0.3, -0.25) is 14.2 Å². The van der Waals surface area contributed by atoms with E-state index in [-0.39, 0.29) is 23.0 Å². The third-order valence-electron chi connectivity index (χ3n) is 5.85. The van der Waals surface area contributed by atoms with Gasteiger partial charge in [0.1, 0.15) is 0 Å². The van der Waals surface area contributed by atoms with Gasteiger partial charge in [0.05, 0.1) is 16.8 Å². The van der Waals surface area contributed by atoms with Gasteiger partial charge in [0, 0.05) is 24.6 Å². The predicted molar refractivity (Wildman–Crippen MR) is 130 cm³/mol. The summed E-state index contributed by atoms with van der Waals surface area (Å²) < 4.78 is 2.00. The van der Waals surface area contributed by atoms with Crippen molar-refractivity contribution in [2.75, 3.05) is 13.1 Å². The second-order valence-corrected chi connectivity index (χ2v) is 9.83. The third kappa shape index (κ3) is 5.39. The van der Waals surface area contributed by atoms with Crippen molar-refractivity contribution in [3.8, 4) is 11.4 Å². The summed E-state index contributed by atoms with van der Waals surface area (Å²) in [6.45, 7) is 3.52. The van der Waals surface area contributed by atoms with Crippen LogP contribution in [0.1, 0.15) is 25.3 Å². The minimum absolute atomic E-state index is 0.0245. The SMILES string of the molecule is CC(Sc1nnc(-c2ccccc2Cl)n1Cc1ccccc1)C(=O)N1CCC(C(N)=O)CC1. The Labute approximate surface area is 202 Å². The number of primary amides is 1. The summed E-state index contributed by atoms with van der Waals surface area (Å²) in [7, 11) is 0. The Morgan fingerprint density at radius 3 is 2.42 bits per heavy atom. The van der Waals surface area contributed by atoms with Crippen molar-refractivity contribution >= 4 is 35.2 Å². The quantitative estimate of drug-likeness (QED) is 0.515. The van der Waals surface area contributed by atoms with Gasteiger partial charge in [0.15, 0.2) is 11.0 Å². The molecule has 2 amide bonds. The van der Waals surface area contributed by atoms with E-state index in [1.54, 1.807) is 0 Å². The van der Waals surface area contributed by atoms with Crippen LogP contribution in [-0.4, -0.2) is 49.8 Å². The van der Waals surface area contributed by atoms with E-state index in [0.717, 1.165) is 11.1 Å². The molecule has 2 N–H and O–H groups in total. The fraction of sp³-hybridized carbons (Fsp3) is 0.333. The van der Waals surface area contributed by atoms with Gasteiger partial charge in [-0.2, -0.15) is 0 Å². The van der Waals surface area contributed by atoms with Crippen molar-refractivity contribution in [1.29, 1.82) is 0 Å². The Hall–Kier alpha value is -2.84. The molecule has 2 heterocycles. The van der Waals surface area contributed by atoms with Crippen molar-refractivity contribution in [2.45, 2.75) is 36.7 Å². The van der Waals surface area contributed by atoms with Crippen LogP contribution in [0.15, 0.2) is 59.8 Å². The minimum Gasteiger partial charge on any atom is -0.369 e. The number of carbonyl (C=O) groups is 2. The summed E-state index contributed by atoms with van der Waals surface area (Å²) in [5.74, 6) is 0.250. The molecule has 1 fully saturated rings. The molecule has 0 radical (unpaired) electrons. The lowest BCUT2D eigenvalue weighted by atomic mass is 9.96. The highest BCUT2D eigenvalue weighted by molar-refractivity contribution is 8.00. The van der Waals surface area contributed by atoms with Gasteiger partial charge in [-0.05, 0) is 37.5 Å². The summed E-state index contributed by atoms with van der Waals surface area (Å²) in [5.41, 5.74) is 7.31. The average molecular weight is 484 g/mol. The highest BCUT2D eigenvalue weighted by Crippen LogP contribution is 2.32. The molecule has 0 bridgehead atoms. The van der Waals surface area contributed by atoms with Crippen LogP contribution in [0.4, 0.5) is 0 Å². The molecular formula is C24H26ClN5O2S. The normalized spacial score (nSPS) is 15.4. The van der Waals surface area contributed by atoms with E-state index in [1.165, 1.54) is 11.8 Å². The number of nitrogens with two attached hydrogens (primary N) is 1. The van der Waals surface area contributed by atoms with E-state index in [9.17, 15) is 9.59 Å². The molecule has 1 unspecified atom stereocenters. The van der Waals surface area contributed by atoms with E-state index in [2.05, 4.69) is 10.2 Å². The molecule has 1 aliphatic heterocycles. The average Bonchev–Trinajstić information content (AvgIpc) is 3.21. The number of piperidine rings is 1. The number of aromatic nitrogens is 3. The number of thioether (sulfide) groups is 1. The van der Waals surface area contributed by atoms with Gasteiger partial charge in [-0.15, -0.1) is 10.2 Å². The number of likely N-dealkylation sites (tertiary alicyclic amines) is 1. The largest absolute Gasteiger partial charge is 0.369 e. The number of hydrogen-bond acceptors (Lipinski definition) is 5. The van der Waals surface area contributed by atoms with E-state index in [4.69, 9.17) is 17.3 Å². The molecule has 4 rings (SSSR count). The van der Waals surface area contributed by atoms with Crippen LogP contribution in [0, 0.1) is 5.92 Å². The Balaban J connectivity index is 1.56. The number of amides is 2. The first-order valence-electron chi connectivity index (χ1n) is 10.9. The molecule has 33 heavy (non-hydrogen) atoms. The lowest BCUT2D eigenvalue weighted by Crippen LogP contribution is -2.44. The monoisotopic (exact) mass is 483 g/mol. The standard InChI is InChI=1S/C24H26ClN5O2S/c1-16(23(32)29-13-11-18(12-14-29)21(26)31)33-24-28-27-22(19-9-5-6-10-20(19)25)30(24)15-17-7-3-2-4-8-17/h2-10,16,18H,11-15H2,1H3,(H2,26,31). The second-order valence-electron chi connectivity index (χ2n) is 8.12. The van der Waals surface area contributed by atoms with Crippen LogP contribution in [0.2, 0.25) is 5.02 Å². The zero-order valence-corrected chi connectivity index (χ0v) is 19.9. The first-order valence-corrected chi connectivity index (χ1v) is 12.2. The summed E-state index contributed by atoms with van der Waals surface area (Å²) in [4.78, 5) is 26.3. The van der Waals surface area contributed by atoms with Crippen molar-refractivity contribution in [1.82, 2.24) is 19.7 Å². The Kier molecular flexibility index (Phi) is 7.35. The molecule has 0 spiro atoms. The van der Waals surface area contributed by atoms with Crippen LogP contribution < -0.4 is 5.73 Å². The van der Waals surface area contributed by atoms with Crippen molar-refractivity contribution in [3.63, 3.8) is 0 Å². The fourth-order valence-corrected chi connectivity index (χ4v) is 5.13. The topological polar surface area (TPSA) is 94.1 Å². The summed E-state index contributed by atoms with van der Waals surface area (Å²) in [6.07, 6.45) is 1.22. The maximum absolute atomic E-state index is 13.1. The van der Waals surface area contributed by atoms with E-state index in [0.29, 0.717) is 48.5 Å². The van der Waals surface area contributed by atoms with Crippen LogP contribution >= 0.6 is 23.4 Å². The molecule has 0 aliphatic carbocycles. The van der Waals surface area contributed by atoms with Crippen LogP contribution in [0.25, 0.3) is 11.4 Å². The number of halogens is 1. The van der Waals surface area contributed by atoms with Gasteiger partial charge in [0.25, 0.3) is 0 Å². The molecule has 1 saturated heterocycles. The van der Waals surface area contributed by atoms with Gasteiger partial charge in [-0.25, -0.2) is 0 Å². The molecule has 9 heteroatoms. The molecule has 1 atom stereocenters. The van der Waals surface area contributed by atoms with Gasteiger partial charge in [0.2, 0.25) is 11.8 Å². The van der Waals surface area contributed by atoms with Crippen molar-refractivity contribution in [2.24, 2.45) is 11.7 Å². The van der Waals surface area contributed by atoms with Gasteiger partial charge < -0.3 is 10.6 Å². The maximum atomic E-state index is 13.1. The summed E-state index contributed by atoms with van der Waals surface area (Å²) in [6, 6.07) is 17.6. The number of hydrogen-bond donors (Lipinski definition) is 1. The smallest absolute Gasteiger partial charge is 0.235 e. The highest BCUT2D eigenvalue weighted by atomic mass is 35.5. The van der Waals surface area contributed by atoms with E-state index < -0.39 is 0 Å². The van der Waals surface area contributed by atoms with E-state index >= 15 is 0 Å². The molecule has 2 aromatic carbocycles. The predicted octanol–water partition coefficient (Wildman–Crippen LogP) is 3.85. The Morgan fingerprint density at radius 1 is 1.09 bits per heavy atom. The van der Waals surface area contributed by atoms with Crippen molar-refractivity contribution < 1.29 is 9.59 Å². The van der Waals surface area contributed by atoms with Crippen molar-refractivity contribution in [3.05, 3.63) is 65.2 Å². The number of carbonyl (C=O) groups excluding carboxylic acids is 2. The molecule has 3 aromatic rings. The zero-order valence-electron chi connectivity index (χ0n) is 18.4. The third-order valence-corrected chi connectivity index (χ3v) is 7.25. The fourth-order valence-electron chi connectivity index (χ4n) is 3.98. The second kappa shape index (κ2) is 10.4. The molecule has 1 aliphatic rings. The number of rotatable bonds is 7. The summed E-state index contributed by atoms with van der Waals surface area (Å²) in [5, 5.41) is 9.74. The van der Waals surface area contributed by atoms with Crippen LogP contribution in [0.5, 0.6) is 0 Å². The number of nitrogens with zero attached hydrogens (tertiary/aromatic N) is 4. The van der Waals surface area contributed by atoms with Crippen LogP contribution in [0.3, 0.4) is 0 Å². The van der Waals surface area contributed by atoms with Crippen LogP contribution in [-0.2, 0) is 16.1 Å². The zero-order chi connectivity index (χ0) is 23.4. The Bertz CT molecular complexity index is 1130. The molecule has 0 saturated carbocycles. The first kappa shape index (κ1) is 23.3. The van der Waals surface area contributed by atoms with E-state index in [1.807, 2.05) is 71.0 Å². The molecule has 172 valence electrons. The Morgan fingerprint density at radius 2 is 1.76 bits per heavy atom. The number of benzene rings is 2.